The number of carbonyl (C=O) groups excluding carboxylic acids is 1. The summed E-state index contributed by atoms with van der Waals surface area (Å²) in [6, 6.07) is 6.69. The lowest BCUT2D eigenvalue weighted by atomic mass is 10.2. The summed E-state index contributed by atoms with van der Waals surface area (Å²) in [5.41, 5.74) is 6.65. The predicted molar refractivity (Wildman–Crippen MR) is 70.4 cm³/mol. The van der Waals surface area contributed by atoms with Crippen LogP contribution in [-0.2, 0) is 9.53 Å². The molecule has 0 unspecified atom stereocenters. The summed E-state index contributed by atoms with van der Waals surface area (Å²) in [6.07, 6.45) is -3.79. The number of anilines is 2. The van der Waals surface area contributed by atoms with E-state index < -0.39 is 25.3 Å². The molecular formula is C13H17F3N2O2. The van der Waals surface area contributed by atoms with Crippen molar-refractivity contribution in [3.8, 4) is 0 Å². The monoisotopic (exact) mass is 290 g/mol. The molecule has 0 aliphatic heterocycles. The van der Waals surface area contributed by atoms with Crippen LogP contribution in [0.4, 0.5) is 24.5 Å². The molecule has 7 heteroatoms. The van der Waals surface area contributed by atoms with Crippen molar-refractivity contribution in [2.75, 3.05) is 30.4 Å². The molecule has 0 atom stereocenters. The molecule has 0 fully saturated rings. The summed E-state index contributed by atoms with van der Waals surface area (Å²) in [4.78, 5) is 13.3. The van der Waals surface area contributed by atoms with E-state index in [0.29, 0.717) is 24.3 Å². The van der Waals surface area contributed by atoms with Gasteiger partial charge in [-0.25, -0.2) is 0 Å². The number of hydrogen-bond donors (Lipinski definition) is 1. The number of nitrogen functional groups attached to an aromatic ring is 1. The molecule has 0 saturated carbocycles. The molecule has 1 aromatic carbocycles. The fourth-order valence-electron chi connectivity index (χ4n) is 1.67. The maximum Gasteiger partial charge on any atom is 0.411 e. The average molecular weight is 290 g/mol. The van der Waals surface area contributed by atoms with E-state index in [-0.39, 0.29) is 0 Å². The number of carbonyl (C=O) groups is 1. The molecule has 0 aromatic heterocycles. The van der Waals surface area contributed by atoms with Gasteiger partial charge in [-0.3, -0.25) is 4.79 Å². The molecule has 0 spiro atoms. The van der Waals surface area contributed by atoms with E-state index in [1.54, 1.807) is 24.3 Å². The highest BCUT2D eigenvalue weighted by molar-refractivity contribution is 5.97. The van der Waals surface area contributed by atoms with E-state index in [9.17, 15) is 18.0 Å². The van der Waals surface area contributed by atoms with Gasteiger partial charge in [-0.2, -0.15) is 13.2 Å². The van der Waals surface area contributed by atoms with Crippen molar-refractivity contribution in [2.24, 2.45) is 0 Å². The Morgan fingerprint density at radius 3 is 2.55 bits per heavy atom. The number of alkyl halides is 3. The van der Waals surface area contributed by atoms with Gasteiger partial charge in [-0.05, 0) is 18.6 Å². The maximum absolute atomic E-state index is 12.0. The Morgan fingerprint density at radius 2 is 2.00 bits per heavy atom. The van der Waals surface area contributed by atoms with Gasteiger partial charge in [0.15, 0.2) is 0 Å². The SMILES string of the molecule is CCCN(C(=O)COCC(F)(F)F)c1ccccc1N. The molecule has 4 nitrogen and oxygen atoms in total. The first-order valence-electron chi connectivity index (χ1n) is 6.14. The summed E-state index contributed by atoms with van der Waals surface area (Å²) in [7, 11) is 0. The van der Waals surface area contributed by atoms with Crippen molar-refractivity contribution in [1.29, 1.82) is 0 Å². The molecule has 0 bridgehead atoms. The lowest BCUT2D eigenvalue weighted by molar-refractivity contribution is -0.175. The van der Waals surface area contributed by atoms with E-state index in [0.717, 1.165) is 0 Å². The molecule has 0 radical (unpaired) electrons. The van der Waals surface area contributed by atoms with Crippen LogP contribution in [-0.4, -0.2) is 31.8 Å². The largest absolute Gasteiger partial charge is 0.411 e. The number of halogens is 3. The van der Waals surface area contributed by atoms with E-state index in [2.05, 4.69) is 4.74 Å². The minimum absolute atomic E-state index is 0.364. The number of hydrogen-bond acceptors (Lipinski definition) is 3. The molecule has 112 valence electrons. The van der Waals surface area contributed by atoms with Gasteiger partial charge in [0.1, 0.15) is 13.2 Å². The van der Waals surface area contributed by atoms with Crippen LogP contribution < -0.4 is 10.6 Å². The first-order chi connectivity index (χ1) is 9.35. The van der Waals surface area contributed by atoms with Gasteiger partial charge < -0.3 is 15.4 Å². The zero-order valence-electron chi connectivity index (χ0n) is 11.1. The Hall–Kier alpha value is -1.76. The van der Waals surface area contributed by atoms with Crippen LogP contribution in [0.5, 0.6) is 0 Å². The summed E-state index contributed by atoms with van der Waals surface area (Å²) in [6.45, 7) is 0.148. The van der Waals surface area contributed by atoms with E-state index in [1.807, 2.05) is 6.92 Å². The molecule has 1 rings (SSSR count). The maximum atomic E-state index is 12.0. The van der Waals surface area contributed by atoms with Gasteiger partial charge in [0.05, 0.1) is 11.4 Å². The molecule has 2 N–H and O–H groups in total. The Balaban J connectivity index is 2.71. The van der Waals surface area contributed by atoms with Crippen molar-refractivity contribution >= 4 is 17.3 Å². The van der Waals surface area contributed by atoms with E-state index in [4.69, 9.17) is 5.73 Å². The Labute approximate surface area is 115 Å². The summed E-state index contributed by atoms with van der Waals surface area (Å²) in [5.74, 6) is -0.547. The van der Waals surface area contributed by atoms with Crippen molar-refractivity contribution in [2.45, 2.75) is 19.5 Å². The number of rotatable bonds is 6. The fourth-order valence-corrected chi connectivity index (χ4v) is 1.67. The minimum Gasteiger partial charge on any atom is -0.397 e. The molecule has 0 aliphatic carbocycles. The number of amides is 1. The Bertz CT molecular complexity index is 449. The van der Waals surface area contributed by atoms with Crippen LogP contribution in [0.2, 0.25) is 0 Å². The zero-order chi connectivity index (χ0) is 15.2. The molecule has 20 heavy (non-hydrogen) atoms. The standard InChI is InChI=1S/C13H17F3N2O2/c1-2-7-18(11-6-4-3-5-10(11)17)12(19)8-20-9-13(14,15)16/h3-6H,2,7-9,17H2,1H3. The Morgan fingerprint density at radius 1 is 1.35 bits per heavy atom. The molecule has 0 saturated heterocycles. The van der Waals surface area contributed by atoms with E-state index >= 15 is 0 Å². The highest BCUT2D eigenvalue weighted by atomic mass is 19.4. The number of nitrogens with two attached hydrogens (primary N) is 1. The second-order valence-electron chi connectivity index (χ2n) is 4.21. The van der Waals surface area contributed by atoms with Crippen molar-refractivity contribution in [1.82, 2.24) is 0 Å². The van der Waals surface area contributed by atoms with E-state index in [1.165, 1.54) is 4.90 Å². The van der Waals surface area contributed by atoms with Gasteiger partial charge in [-0.15, -0.1) is 0 Å². The zero-order valence-corrected chi connectivity index (χ0v) is 11.1. The molecule has 1 aromatic rings. The number of ether oxygens (including phenoxy) is 1. The second-order valence-corrected chi connectivity index (χ2v) is 4.21. The quantitative estimate of drug-likeness (QED) is 0.819. The topological polar surface area (TPSA) is 55.6 Å². The normalized spacial score (nSPS) is 11.4. The third-order valence-electron chi connectivity index (χ3n) is 2.47. The fraction of sp³-hybridized carbons (Fsp3) is 0.462. The van der Waals surface area contributed by atoms with Gasteiger partial charge >= 0.3 is 6.18 Å². The molecule has 1 amide bonds. The smallest absolute Gasteiger partial charge is 0.397 e. The van der Waals surface area contributed by atoms with Crippen molar-refractivity contribution < 1.29 is 22.7 Å². The number of para-hydroxylation sites is 2. The Kier molecular flexibility index (Phi) is 5.82. The highest BCUT2D eigenvalue weighted by Crippen LogP contribution is 2.23. The molecular weight excluding hydrogens is 273 g/mol. The third-order valence-corrected chi connectivity index (χ3v) is 2.47. The second kappa shape index (κ2) is 7.14. The summed E-state index contributed by atoms with van der Waals surface area (Å²) >= 11 is 0. The first kappa shape index (κ1) is 16.3. The van der Waals surface area contributed by atoms with Gasteiger partial charge in [0.2, 0.25) is 0 Å². The molecule has 0 aliphatic rings. The van der Waals surface area contributed by atoms with Crippen LogP contribution in [0.3, 0.4) is 0 Å². The lowest BCUT2D eigenvalue weighted by Crippen LogP contribution is -2.36. The van der Waals surface area contributed by atoms with Gasteiger partial charge in [-0.1, -0.05) is 19.1 Å². The van der Waals surface area contributed by atoms with Crippen LogP contribution in [0.1, 0.15) is 13.3 Å². The van der Waals surface area contributed by atoms with Crippen molar-refractivity contribution in [3.05, 3.63) is 24.3 Å². The summed E-state index contributed by atoms with van der Waals surface area (Å²) < 4.78 is 40.3. The number of benzene rings is 1. The summed E-state index contributed by atoms with van der Waals surface area (Å²) in [5, 5.41) is 0. The first-order valence-corrected chi connectivity index (χ1v) is 6.14. The van der Waals surface area contributed by atoms with Crippen molar-refractivity contribution in [3.63, 3.8) is 0 Å². The third kappa shape index (κ3) is 5.08. The van der Waals surface area contributed by atoms with Crippen LogP contribution in [0.15, 0.2) is 24.3 Å². The lowest BCUT2D eigenvalue weighted by Gasteiger charge is -2.23. The molecule has 0 heterocycles. The van der Waals surface area contributed by atoms with Gasteiger partial charge in [0, 0.05) is 6.54 Å². The number of nitrogens with zero attached hydrogens (tertiary/aromatic N) is 1. The van der Waals surface area contributed by atoms with Gasteiger partial charge in [0.25, 0.3) is 5.91 Å². The predicted octanol–water partition coefficient (Wildman–Crippen LogP) is 2.59. The van der Waals surface area contributed by atoms with Crippen LogP contribution in [0, 0.1) is 0 Å². The highest BCUT2D eigenvalue weighted by Gasteiger charge is 2.28. The minimum atomic E-state index is -4.44. The average Bonchev–Trinajstić information content (AvgIpc) is 2.35. The van der Waals surface area contributed by atoms with Crippen LogP contribution >= 0.6 is 0 Å². The van der Waals surface area contributed by atoms with Crippen LogP contribution in [0.25, 0.3) is 0 Å².